The monoisotopic (exact) mass is 280 g/mol. The van der Waals surface area contributed by atoms with Gasteiger partial charge in [-0.2, -0.15) is 0 Å². The Balaban J connectivity index is 2.07. The normalized spacial score (nSPS) is 13.9. The fraction of sp³-hybridized carbons (Fsp3) is 0.278. The summed E-state index contributed by atoms with van der Waals surface area (Å²) in [5, 5.41) is 0. The molecule has 21 heavy (non-hydrogen) atoms. The van der Waals surface area contributed by atoms with E-state index in [0.717, 1.165) is 53.0 Å². The van der Waals surface area contributed by atoms with Crippen LogP contribution in [0.5, 0.6) is 0 Å². The Bertz CT molecular complexity index is 686. The third-order valence-corrected chi connectivity index (χ3v) is 4.23. The third-order valence-electron chi connectivity index (χ3n) is 4.23. The lowest BCUT2D eigenvalue weighted by molar-refractivity contribution is 0.0984. The molecule has 2 aromatic rings. The molecule has 0 bridgehead atoms. The minimum atomic E-state index is 0.0807. The van der Waals surface area contributed by atoms with Crippen LogP contribution in [0.2, 0.25) is 0 Å². The van der Waals surface area contributed by atoms with Gasteiger partial charge in [-0.1, -0.05) is 24.3 Å². The quantitative estimate of drug-likeness (QED) is 0.813. The molecule has 3 rings (SSSR count). The minimum Gasteiger partial charge on any atom is -0.398 e. The lowest BCUT2D eigenvalue weighted by Crippen LogP contribution is -2.36. The molecule has 0 spiro atoms. The Morgan fingerprint density at radius 2 is 1.76 bits per heavy atom. The number of carbonyl (C=O) groups is 1. The molecule has 0 radical (unpaired) electrons. The van der Waals surface area contributed by atoms with Crippen LogP contribution in [0.25, 0.3) is 0 Å². The van der Waals surface area contributed by atoms with Crippen molar-refractivity contribution in [1.82, 2.24) is 0 Å². The molecule has 0 saturated carbocycles. The molecule has 108 valence electrons. The van der Waals surface area contributed by atoms with Crippen LogP contribution in [0.1, 0.15) is 33.5 Å². The molecule has 1 aliphatic rings. The first kappa shape index (κ1) is 13.7. The number of anilines is 2. The van der Waals surface area contributed by atoms with Gasteiger partial charge in [0, 0.05) is 23.5 Å². The summed E-state index contributed by atoms with van der Waals surface area (Å²) in [6.07, 6.45) is 1.90. The van der Waals surface area contributed by atoms with Gasteiger partial charge < -0.3 is 10.6 Å². The number of aryl methyl sites for hydroxylation is 2. The molecule has 0 aliphatic carbocycles. The van der Waals surface area contributed by atoms with E-state index in [1.807, 2.05) is 55.1 Å². The Morgan fingerprint density at radius 1 is 1.10 bits per heavy atom. The second kappa shape index (κ2) is 5.24. The highest BCUT2D eigenvalue weighted by Gasteiger charge is 2.26. The molecule has 0 atom stereocenters. The zero-order valence-electron chi connectivity index (χ0n) is 12.5. The summed E-state index contributed by atoms with van der Waals surface area (Å²) in [6, 6.07) is 11.8. The van der Waals surface area contributed by atoms with Crippen molar-refractivity contribution >= 4 is 17.3 Å². The van der Waals surface area contributed by atoms with Crippen LogP contribution in [0.15, 0.2) is 36.4 Å². The predicted molar refractivity (Wildman–Crippen MR) is 86.8 cm³/mol. The molecule has 0 fully saturated rings. The SMILES string of the molecule is Cc1cccc(C)c1C(=O)N1CCCc2c(N)cccc21. The van der Waals surface area contributed by atoms with E-state index in [2.05, 4.69) is 0 Å². The molecule has 1 amide bonds. The summed E-state index contributed by atoms with van der Waals surface area (Å²) in [6.45, 7) is 4.73. The van der Waals surface area contributed by atoms with Gasteiger partial charge in [0.2, 0.25) is 0 Å². The summed E-state index contributed by atoms with van der Waals surface area (Å²) in [4.78, 5) is 14.9. The summed E-state index contributed by atoms with van der Waals surface area (Å²) >= 11 is 0. The van der Waals surface area contributed by atoms with Crippen molar-refractivity contribution in [2.75, 3.05) is 17.2 Å². The number of fused-ring (bicyclic) bond motifs is 1. The number of rotatable bonds is 1. The van der Waals surface area contributed by atoms with Crippen molar-refractivity contribution in [3.8, 4) is 0 Å². The maximum absolute atomic E-state index is 13.0. The van der Waals surface area contributed by atoms with Crippen LogP contribution < -0.4 is 10.6 Å². The van der Waals surface area contributed by atoms with Crippen molar-refractivity contribution < 1.29 is 4.79 Å². The summed E-state index contributed by atoms with van der Waals surface area (Å²) in [7, 11) is 0. The molecule has 2 aromatic carbocycles. The number of nitrogens with zero attached hydrogens (tertiary/aromatic N) is 1. The smallest absolute Gasteiger partial charge is 0.258 e. The van der Waals surface area contributed by atoms with Crippen LogP contribution in [0.3, 0.4) is 0 Å². The van der Waals surface area contributed by atoms with Crippen LogP contribution in [0, 0.1) is 13.8 Å². The van der Waals surface area contributed by atoms with E-state index in [-0.39, 0.29) is 5.91 Å². The summed E-state index contributed by atoms with van der Waals surface area (Å²) in [5.41, 5.74) is 11.8. The maximum Gasteiger partial charge on any atom is 0.258 e. The fourth-order valence-corrected chi connectivity index (χ4v) is 3.15. The average Bonchev–Trinajstić information content (AvgIpc) is 2.47. The molecule has 3 nitrogen and oxygen atoms in total. The van der Waals surface area contributed by atoms with Gasteiger partial charge in [-0.15, -0.1) is 0 Å². The van der Waals surface area contributed by atoms with Gasteiger partial charge in [0.05, 0.1) is 0 Å². The second-order valence-electron chi connectivity index (χ2n) is 5.67. The number of carbonyl (C=O) groups excluding carboxylic acids is 1. The van der Waals surface area contributed by atoms with Gasteiger partial charge in [0.1, 0.15) is 0 Å². The summed E-state index contributed by atoms with van der Waals surface area (Å²) in [5.74, 6) is 0.0807. The van der Waals surface area contributed by atoms with Crippen molar-refractivity contribution in [3.63, 3.8) is 0 Å². The van der Waals surface area contributed by atoms with Crippen LogP contribution in [-0.2, 0) is 6.42 Å². The van der Waals surface area contributed by atoms with Gasteiger partial charge in [-0.25, -0.2) is 0 Å². The van der Waals surface area contributed by atoms with E-state index in [1.54, 1.807) is 0 Å². The predicted octanol–water partition coefficient (Wildman–Crippen LogP) is 3.48. The number of benzene rings is 2. The highest BCUT2D eigenvalue weighted by molar-refractivity contribution is 6.08. The van der Waals surface area contributed by atoms with Crippen LogP contribution in [-0.4, -0.2) is 12.5 Å². The van der Waals surface area contributed by atoms with Gasteiger partial charge in [-0.3, -0.25) is 4.79 Å². The van der Waals surface area contributed by atoms with Crippen molar-refractivity contribution in [2.45, 2.75) is 26.7 Å². The molecule has 2 N–H and O–H groups in total. The zero-order valence-corrected chi connectivity index (χ0v) is 12.5. The van der Waals surface area contributed by atoms with Crippen molar-refractivity contribution in [2.24, 2.45) is 0 Å². The Labute approximate surface area is 125 Å². The first-order valence-corrected chi connectivity index (χ1v) is 7.35. The number of nitrogen functional groups attached to an aromatic ring is 1. The Hall–Kier alpha value is -2.29. The van der Waals surface area contributed by atoms with E-state index >= 15 is 0 Å². The number of hydrogen-bond acceptors (Lipinski definition) is 2. The number of nitrogens with two attached hydrogens (primary N) is 1. The summed E-state index contributed by atoms with van der Waals surface area (Å²) < 4.78 is 0. The van der Waals surface area contributed by atoms with E-state index in [4.69, 9.17) is 5.73 Å². The number of hydrogen-bond donors (Lipinski definition) is 1. The van der Waals surface area contributed by atoms with Gasteiger partial charge in [-0.05, 0) is 55.5 Å². The van der Waals surface area contributed by atoms with Crippen molar-refractivity contribution in [3.05, 3.63) is 58.7 Å². The molecule has 1 heterocycles. The fourth-order valence-electron chi connectivity index (χ4n) is 3.15. The average molecular weight is 280 g/mol. The zero-order chi connectivity index (χ0) is 15.0. The molecule has 3 heteroatoms. The molecule has 0 saturated heterocycles. The van der Waals surface area contributed by atoms with Gasteiger partial charge in [0.15, 0.2) is 0 Å². The minimum absolute atomic E-state index is 0.0807. The standard InChI is InChI=1S/C18H20N2O/c1-12-6-3-7-13(2)17(12)18(21)20-11-5-8-14-15(19)9-4-10-16(14)20/h3-4,6-7,9-10H,5,8,11,19H2,1-2H3. The van der Waals surface area contributed by atoms with Gasteiger partial charge in [0.25, 0.3) is 5.91 Å². The van der Waals surface area contributed by atoms with Gasteiger partial charge >= 0.3 is 0 Å². The largest absolute Gasteiger partial charge is 0.398 e. The molecule has 0 unspecified atom stereocenters. The highest BCUT2D eigenvalue weighted by Crippen LogP contribution is 2.32. The van der Waals surface area contributed by atoms with E-state index in [1.165, 1.54) is 0 Å². The van der Waals surface area contributed by atoms with Crippen molar-refractivity contribution in [1.29, 1.82) is 0 Å². The lowest BCUT2D eigenvalue weighted by Gasteiger charge is -2.31. The molecule has 1 aliphatic heterocycles. The first-order chi connectivity index (χ1) is 10.1. The van der Waals surface area contributed by atoms with E-state index in [9.17, 15) is 4.79 Å². The topological polar surface area (TPSA) is 46.3 Å². The lowest BCUT2D eigenvalue weighted by atomic mass is 9.96. The molecular formula is C18H20N2O. The third kappa shape index (κ3) is 2.29. The number of amides is 1. The second-order valence-corrected chi connectivity index (χ2v) is 5.67. The Morgan fingerprint density at radius 3 is 2.48 bits per heavy atom. The maximum atomic E-state index is 13.0. The molecule has 0 aromatic heterocycles. The highest BCUT2D eigenvalue weighted by atomic mass is 16.2. The van der Waals surface area contributed by atoms with Crippen LogP contribution >= 0.6 is 0 Å². The van der Waals surface area contributed by atoms with E-state index < -0.39 is 0 Å². The Kier molecular flexibility index (Phi) is 3.42. The van der Waals surface area contributed by atoms with Crippen LogP contribution in [0.4, 0.5) is 11.4 Å². The molecular weight excluding hydrogens is 260 g/mol. The first-order valence-electron chi connectivity index (χ1n) is 7.35. The van der Waals surface area contributed by atoms with E-state index in [0.29, 0.717) is 0 Å².